The second kappa shape index (κ2) is 14.3. The topological polar surface area (TPSA) is 69.6 Å². The highest BCUT2D eigenvalue weighted by molar-refractivity contribution is 5.75. The third kappa shape index (κ3) is 11.7. The smallest absolute Gasteiger partial charge is 0.220 e. The summed E-state index contributed by atoms with van der Waals surface area (Å²) in [5, 5.41) is 21.8. The lowest BCUT2D eigenvalue weighted by molar-refractivity contribution is -0.122. The van der Waals surface area contributed by atoms with E-state index in [4.69, 9.17) is 0 Å². The molecule has 0 saturated heterocycles. The molecule has 3 N–H and O–H groups in total. The molecule has 0 radical (unpaired) electrons. The summed E-state index contributed by atoms with van der Waals surface area (Å²) in [6.07, 6.45) is 11.6. The van der Waals surface area contributed by atoms with E-state index in [1.807, 2.05) is 0 Å². The third-order valence-corrected chi connectivity index (χ3v) is 3.93. The Morgan fingerprint density at radius 1 is 0.952 bits per heavy atom. The van der Waals surface area contributed by atoms with Crippen molar-refractivity contribution in [3.63, 3.8) is 0 Å². The van der Waals surface area contributed by atoms with E-state index < -0.39 is 12.1 Å². The number of carbonyl (C=O) groups is 1. The number of hydrogen-bond donors (Lipinski definition) is 3. The normalized spacial score (nSPS) is 13.9. The molecule has 21 heavy (non-hydrogen) atoms. The first-order chi connectivity index (χ1) is 10.2. The molecule has 2 unspecified atom stereocenters. The SMILES string of the molecule is CCCCCCCCCCCC(O)C(CO)NC(=O)CC. The molecule has 126 valence electrons. The van der Waals surface area contributed by atoms with Gasteiger partial charge in [0.05, 0.1) is 18.8 Å². The van der Waals surface area contributed by atoms with E-state index in [9.17, 15) is 15.0 Å². The fourth-order valence-corrected chi connectivity index (χ4v) is 2.44. The summed E-state index contributed by atoms with van der Waals surface area (Å²) in [5.41, 5.74) is 0. The Morgan fingerprint density at radius 2 is 1.48 bits per heavy atom. The van der Waals surface area contributed by atoms with Crippen LogP contribution in [0.15, 0.2) is 0 Å². The minimum absolute atomic E-state index is 0.125. The predicted octanol–water partition coefficient (Wildman–Crippen LogP) is 3.16. The van der Waals surface area contributed by atoms with Crippen molar-refractivity contribution in [2.45, 2.75) is 96.6 Å². The van der Waals surface area contributed by atoms with Gasteiger partial charge in [-0.2, -0.15) is 0 Å². The van der Waals surface area contributed by atoms with Crippen LogP contribution in [-0.2, 0) is 4.79 Å². The zero-order valence-corrected chi connectivity index (χ0v) is 13.9. The quantitative estimate of drug-likeness (QED) is 0.432. The van der Waals surface area contributed by atoms with Gasteiger partial charge in [0.25, 0.3) is 0 Å². The van der Waals surface area contributed by atoms with E-state index in [0.29, 0.717) is 12.8 Å². The number of aliphatic hydroxyl groups is 2. The van der Waals surface area contributed by atoms with Crippen molar-refractivity contribution >= 4 is 5.91 Å². The first kappa shape index (κ1) is 20.4. The molecule has 0 aliphatic carbocycles. The molecule has 4 nitrogen and oxygen atoms in total. The second-order valence-electron chi connectivity index (χ2n) is 5.89. The first-order valence-corrected chi connectivity index (χ1v) is 8.73. The van der Waals surface area contributed by atoms with Gasteiger partial charge >= 0.3 is 0 Å². The van der Waals surface area contributed by atoms with Gasteiger partial charge in [0, 0.05) is 6.42 Å². The van der Waals surface area contributed by atoms with Gasteiger partial charge in [-0.25, -0.2) is 0 Å². The highest BCUT2D eigenvalue weighted by atomic mass is 16.3. The Morgan fingerprint density at radius 3 is 1.95 bits per heavy atom. The summed E-state index contributed by atoms with van der Waals surface area (Å²) < 4.78 is 0. The Balaban J connectivity index is 3.54. The minimum atomic E-state index is -0.643. The number of amides is 1. The highest BCUT2D eigenvalue weighted by Crippen LogP contribution is 2.12. The van der Waals surface area contributed by atoms with E-state index in [1.165, 1.54) is 44.9 Å². The average molecular weight is 301 g/mol. The summed E-state index contributed by atoms with van der Waals surface area (Å²) >= 11 is 0. The van der Waals surface area contributed by atoms with Gasteiger partial charge in [-0.05, 0) is 6.42 Å². The molecule has 0 bridgehead atoms. The fourth-order valence-electron chi connectivity index (χ4n) is 2.44. The van der Waals surface area contributed by atoms with Crippen LogP contribution in [0.4, 0.5) is 0 Å². The van der Waals surface area contributed by atoms with Crippen LogP contribution in [-0.4, -0.2) is 34.9 Å². The molecule has 0 aliphatic heterocycles. The molecular weight excluding hydrogens is 266 g/mol. The molecule has 0 heterocycles. The van der Waals surface area contributed by atoms with Crippen LogP contribution < -0.4 is 5.32 Å². The number of unbranched alkanes of at least 4 members (excludes halogenated alkanes) is 8. The standard InChI is InChI=1S/C17H35NO3/c1-3-5-6-7-8-9-10-11-12-13-16(20)15(14-19)18-17(21)4-2/h15-16,19-20H,3-14H2,1-2H3,(H,18,21). The van der Waals surface area contributed by atoms with E-state index in [-0.39, 0.29) is 12.5 Å². The molecule has 4 heteroatoms. The van der Waals surface area contributed by atoms with Crippen molar-refractivity contribution in [1.82, 2.24) is 5.32 Å². The Bertz CT molecular complexity index is 246. The van der Waals surface area contributed by atoms with Crippen LogP contribution in [0.3, 0.4) is 0 Å². The molecule has 0 spiro atoms. The first-order valence-electron chi connectivity index (χ1n) is 8.73. The lowest BCUT2D eigenvalue weighted by Crippen LogP contribution is -2.45. The molecule has 0 aromatic heterocycles. The number of rotatable bonds is 14. The summed E-state index contributed by atoms with van der Waals surface area (Å²) in [6.45, 7) is 3.79. The van der Waals surface area contributed by atoms with Gasteiger partial charge in [-0.3, -0.25) is 4.79 Å². The van der Waals surface area contributed by atoms with Crippen LogP contribution in [0.2, 0.25) is 0 Å². The van der Waals surface area contributed by atoms with Crippen LogP contribution in [0.1, 0.15) is 84.5 Å². The van der Waals surface area contributed by atoms with E-state index in [1.54, 1.807) is 6.92 Å². The molecule has 0 saturated carbocycles. The maximum Gasteiger partial charge on any atom is 0.220 e. The largest absolute Gasteiger partial charge is 0.394 e. The molecule has 0 aromatic carbocycles. The lowest BCUT2D eigenvalue weighted by atomic mass is 10.0. The maximum absolute atomic E-state index is 11.3. The van der Waals surface area contributed by atoms with Crippen molar-refractivity contribution in [3.05, 3.63) is 0 Å². The Labute approximate surface area is 130 Å². The monoisotopic (exact) mass is 301 g/mol. The Hall–Kier alpha value is -0.610. The molecular formula is C17H35NO3. The van der Waals surface area contributed by atoms with E-state index in [0.717, 1.165) is 12.8 Å². The highest BCUT2D eigenvalue weighted by Gasteiger charge is 2.19. The van der Waals surface area contributed by atoms with Crippen molar-refractivity contribution in [1.29, 1.82) is 0 Å². The van der Waals surface area contributed by atoms with Crippen molar-refractivity contribution < 1.29 is 15.0 Å². The number of hydrogen-bond acceptors (Lipinski definition) is 3. The number of carbonyl (C=O) groups excluding carboxylic acids is 1. The molecule has 0 aromatic rings. The van der Waals surface area contributed by atoms with Crippen LogP contribution >= 0.6 is 0 Å². The molecule has 2 atom stereocenters. The van der Waals surface area contributed by atoms with Crippen molar-refractivity contribution in [2.24, 2.45) is 0 Å². The van der Waals surface area contributed by atoms with Gasteiger partial charge in [0.15, 0.2) is 0 Å². The van der Waals surface area contributed by atoms with Gasteiger partial charge < -0.3 is 15.5 Å². The zero-order chi connectivity index (χ0) is 15.9. The van der Waals surface area contributed by atoms with Crippen LogP contribution in [0.5, 0.6) is 0 Å². The summed E-state index contributed by atoms with van der Waals surface area (Å²) in [7, 11) is 0. The van der Waals surface area contributed by atoms with Gasteiger partial charge in [-0.15, -0.1) is 0 Å². The average Bonchev–Trinajstić information content (AvgIpc) is 2.50. The van der Waals surface area contributed by atoms with Crippen molar-refractivity contribution in [2.75, 3.05) is 6.61 Å². The van der Waals surface area contributed by atoms with Gasteiger partial charge in [0.1, 0.15) is 0 Å². The second-order valence-corrected chi connectivity index (χ2v) is 5.89. The predicted molar refractivity (Wildman–Crippen MR) is 87.2 cm³/mol. The molecule has 1 amide bonds. The van der Waals surface area contributed by atoms with Crippen LogP contribution in [0.25, 0.3) is 0 Å². The van der Waals surface area contributed by atoms with Crippen LogP contribution in [0, 0.1) is 0 Å². The summed E-state index contributed by atoms with van der Waals surface area (Å²) in [4.78, 5) is 11.3. The van der Waals surface area contributed by atoms with E-state index >= 15 is 0 Å². The Kier molecular flexibility index (Phi) is 13.9. The molecule has 0 aliphatic rings. The number of nitrogens with one attached hydrogen (secondary N) is 1. The van der Waals surface area contributed by atoms with E-state index in [2.05, 4.69) is 12.2 Å². The van der Waals surface area contributed by atoms with Crippen molar-refractivity contribution in [3.8, 4) is 0 Å². The zero-order valence-electron chi connectivity index (χ0n) is 13.9. The maximum atomic E-state index is 11.3. The molecule has 0 rings (SSSR count). The summed E-state index contributed by atoms with van der Waals surface area (Å²) in [5.74, 6) is -0.125. The van der Waals surface area contributed by atoms with Gasteiger partial charge in [0.2, 0.25) is 5.91 Å². The van der Waals surface area contributed by atoms with Gasteiger partial charge in [-0.1, -0.05) is 71.6 Å². The third-order valence-electron chi connectivity index (χ3n) is 3.93. The number of aliphatic hydroxyl groups excluding tert-OH is 2. The fraction of sp³-hybridized carbons (Fsp3) is 0.941. The minimum Gasteiger partial charge on any atom is -0.394 e. The lowest BCUT2D eigenvalue weighted by Gasteiger charge is -2.22. The molecule has 0 fully saturated rings. The summed E-state index contributed by atoms with van der Waals surface area (Å²) in [6, 6.07) is -0.522.